The number of nitrogens with one attached hydrogen (secondary N) is 1. The summed E-state index contributed by atoms with van der Waals surface area (Å²) in [6, 6.07) is 8.79. The summed E-state index contributed by atoms with van der Waals surface area (Å²) in [5.41, 5.74) is 2.19. The van der Waals surface area contributed by atoms with Crippen LogP contribution in [0.25, 0.3) is 17.3 Å². The summed E-state index contributed by atoms with van der Waals surface area (Å²) in [6.07, 6.45) is 3.09. The van der Waals surface area contributed by atoms with Crippen LogP contribution in [0.2, 0.25) is 10.0 Å². The van der Waals surface area contributed by atoms with E-state index in [4.69, 9.17) is 32.7 Å². The fourth-order valence-electron chi connectivity index (χ4n) is 2.51. The molecule has 1 N–H and O–H groups in total. The third kappa shape index (κ3) is 5.30. The average molecular weight is 514 g/mol. The van der Waals surface area contributed by atoms with Crippen molar-refractivity contribution < 1.29 is 14.3 Å². The minimum absolute atomic E-state index is 0.306. The van der Waals surface area contributed by atoms with E-state index in [1.807, 2.05) is 11.4 Å². The summed E-state index contributed by atoms with van der Waals surface area (Å²) in [6.45, 7) is 0. The molecule has 0 atom stereocenters. The number of ether oxygens (including phenoxy) is 2. The maximum absolute atomic E-state index is 12.3. The molecule has 1 aromatic heterocycles. The van der Waals surface area contributed by atoms with E-state index in [9.17, 15) is 4.79 Å². The Morgan fingerprint density at radius 2 is 2.00 bits per heavy atom. The topological polar surface area (TPSA) is 60.5 Å². The number of rotatable bonds is 6. The third-order valence-corrected chi connectivity index (χ3v) is 5.72. The summed E-state index contributed by atoms with van der Waals surface area (Å²) < 4.78 is 11.3. The molecule has 0 aliphatic rings. The molecule has 2 aromatic carbocycles. The van der Waals surface area contributed by atoms with Gasteiger partial charge in [-0.1, -0.05) is 23.2 Å². The quantitative estimate of drug-likeness (QED) is 0.380. The summed E-state index contributed by atoms with van der Waals surface area (Å²) >= 11 is 16.9. The molecule has 0 radical (unpaired) electrons. The molecule has 29 heavy (non-hydrogen) atoms. The van der Waals surface area contributed by atoms with Gasteiger partial charge in [-0.15, -0.1) is 11.3 Å². The van der Waals surface area contributed by atoms with E-state index in [0.29, 0.717) is 32.4 Å². The zero-order valence-corrected chi connectivity index (χ0v) is 19.2. The summed E-state index contributed by atoms with van der Waals surface area (Å²) in [5, 5.41) is 6.08. The normalized spacial score (nSPS) is 10.9. The van der Waals surface area contributed by atoms with Gasteiger partial charge in [-0.05, 0) is 57.9 Å². The Hall–Kier alpha value is -2.06. The van der Waals surface area contributed by atoms with Crippen molar-refractivity contribution in [2.45, 2.75) is 0 Å². The number of hydrogen-bond donors (Lipinski definition) is 1. The number of methoxy groups -OCH3 is 2. The predicted molar refractivity (Wildman–Crippen MR) is 122 cm³/mol. The van der Waals surface area contributed by atoms with Gasteiger partial charge >= 0.3 is 0 Å². The van der Waals surface area contributed by atoms with Crippen molar-refractivity contribution in [3.05, 3.63) is 61.9 Å². The highest BCUT2D eigenvalue weighted by Gasteiger charge is 2.11. The smallest absolute Gasteiger partial charge is 0.250 e. The lowest BCUT2D eigenvalue weighted by molar-refractivity contribution is -0.111. The molecule has 0 saturated heterocycles. The Morgan fingerprint density at radius 1 is 1.21 bits per heavy atom. The van der Waals surface area contributed by atoms with Gasteiger partial charge in [0.05, 0.1) is 29.4 Å². The van der Waals surface area contributed by atoms with Crippen molar-refractivity contribution in [2.24, 2.45) is 0 Å². The van der Waals surface area contributed by atoms with Gasteiger partial charge < -0.3 is 9.47 Å². The van der Waals surface area contributed by atoms with E-state index in [1.165, 1.54) is 17.4 Å². The lowest BCUT2D eigenvalue weighted by atomic mass is 10.2. The number of amides is 1. The molecule has 3 aromatic rings. The number of anilines is 1. The molecule has 0 aliphatic carbocycles. The maximum Gasteiger partial charge on any atom is 0.250 e. The molecule has 0 saturated carbocycles. The van der Waals surface area contributed by atoms with Crippen molar-refractivity contribution in [1.29, 1.82) is 0 Å². The number of nitrogens with zero attached hydrogens (tertiary/aromatic N) is 1. The van der Waals surface area contributed by atoms with Gasteiger partial charge in [-0.25, -0.2) is 4.98 Å². The van der Waals surface area contributed by atoms with Crippen LogP contribution in [-0.4, -0.2) is 25.1 Å². The fourth-order valence-corrected chi connectivity index (χ4v) is 4.35. The molecular weight excluding hydrogens is 499 g/mol. The molecule has 0 aliphatic heterocycles. The Bertz CT molecular complexity index is 1090. The van der Waals surface area contributed by atoms with E-state index in [1.54, 1.807) is 44.6 Å². The van der Waals surface area contributed by atoms with Gasteiger partial charge in [-0.2, -0.15) is 0 Å². The predicted octanol–water partition coefficient (Wildman–Crippen LogP) is 6.55. The molecular formula is C20H15BrCl2N2O3S. The maximum atomic E-state index is 12.3. The van der Waals surface area contributed by atoms with Crippen LogP contribution in [0.4, 0.5) is 5.13 Å². The Balaban J connectivity index is 1.72. The highest BCUT2D eigenvalue weighted by molar-refractivity contribution is 9.10. The number of halogens is 3. The van der Waals surface area contributed by atoms with E-state index in [0.717, 1.165) is 15.6 Å². The van der Waals surface area contributed by atoms with Crippen molar-refractivity contribution in [2.75, 3.05) is 19.5 Å². The highest BCUT2D eigenvalue weighted by Crippen LogP contribution is 2.36. The van der Waals surface area contributed by atoms with Gasteiger partial charge in [0.1, 0.15) is 0 Å². The van der Waals surface area contributed by atoms with E-state index >= 15 is 0 Å². The molecule has 150 valence electrons. The highest BCUT2D eigenvalue weighted by atomic mass is 79.9. The Labute approximate surface area is 190 Å². The first-order valence-electron chi connectivity index (χ1n) is 8.22. The molecule has 3 rings (SSSR count). The van der Waals surface area contributed by atoms with Gasteiger partial charge in [0, 0.05) is 22.0 Å². The monoisotopic (exact) mass is 512 g/mol. The van der Waals surface area contributed by atoms with Crippen molar-refractivity contribution in [1.82, 2.24) is 4.98 Å². The molecule has 0 unspecified atom stereocenters. The fraction of sp³-hybridized carbons (Fsp3) is 0.100. The van der Waals surface area contributed by atoms with Gasteiger partial charge in [-0.3, -0.25) is 10.1 Å². The van der Waals surface area contributed by atoms with Crippen molar-refractivity contribution >= 4 is 67.6 Å². The largest absolute Gasteiger partial charge is 0.493 e. The first kappa shape index (κ1) is 21.6. The Morgan fingerprint density at radius 3 is 2.69 bits per heavy atom. The van der Waals surface area contributed by atoms with E-state index in [-0.39, 0.29) is 5.91 Å². The van der Waals surface area contributed by atoms with Crippen LogP contribution < -0.4 is 14.8 Å². The molecule has 1 amide bonds. The molecule has 0 fully saturated rings. The number of carbonyl (C=O) groups is 1. The molecule has 5 nitrogen and oxygen atoms in total. The van der Waals surface area contributed by atoms with Gasteiger partial charge in [0.15, 0.2) is 16.6 Å². The number of aromatic nitrogens is 1. The van der Waals surface area contributed by atoms with Crippen LogP contribution in [0.15, 0.2) is 46.3 Å². The van der Waals surface area contributed by atoms with Gasteiger partial charge in [0.25, 0.3) is 0 Å². The number of benzene rings is 2. The first-order valence-corrected chi connectivity index (χ1v) is 10.7. The third-order valence-electron chi connectivity index (χ3n) is 3.82. The lowest BCUT2D eigenvalue weighted by Gasteiger charge is -2.10. The lowest BCUT2D eigenvalue weighted by Crippen LogP contribution is -2.07. The van der Waals surface area contributed by atoms with Gasteiger partial charge in [0.2, 0.25) is 5.91 Å². The molecule has 1 heterocycles. The zero-order chi connectivity index (χ0) is 21.0. The van der Waals surface area contributed by atoms with Crippen LogP contribution >= 0.6 is 50.5 Å². The molecule has 0 bridgehead atoms. The summed E-state index contributed by atoms with van der Waals surface area (Å²) in [5.74, 6) is 0.843. The minimum atomic E-state index is -0.306. The van der Waals surface area contributed by atoms with Crippen LogP contribution in [0, 0.1) is 0 Å². The number of thiazole rings is 1. The molecule has 0 spiro atoms. The minimum Gasteiger partial charge on any atom is -0.493 e. The van der Waals surface area contributed by atoms with Crippen LogP contribution in [0.1, 0.15) is 5.56 Å². The second kappa shape index (κ2) is 9.63. The SMILES string of the molecule is COc1cc(/C=C/C(=O)Nc2nc(-c3ccc(Cl)cc3Cl)cs2)cc(Br)c1OC. The van der Waals surface area contributed by atoms with Crippen molar-refractivity contribution in [3.8, 4) is 22.8 Å². The van der Waals surface area contributed by atoms with Crippen LogP contribution in [-0.2, 0) is 4.79 Å². The van der Waals surface area contributed by atoms with Crippen molar-refractivity contribution in [3.63, 3.8) is 0 Å². The average Bonchev–Trinajstić information content (AvgIpc) is 3.13. The Kier molecular flexibility index (Phi) is 7.18. The first-order chi connectivity index (χ1) is 13.9. The summed E-state index contributed by atoms with van der Waals surface area (Å²) in [7, 11) is 3.11. The van der Waals surface area contributed by atoms with Crippen LogP contribution in [0.5, 0.6) is 11.5 Å². The number of carbonyl (C=O) groups excluding carboxylic acids is 1. The second-order valence-corrected chi connectivity index (χ2v) is 8.28. The van der Waals surface area contributed by atoms with E-state index in [2.05, 4.69) is 26.2 Å². The van der Waals surface area contributed by atoms with Crippen LogP contribution in [0.3, 0.4) is 0 Å². The van der Waals surface area contributed by atoms with E-state index < -0.39 is 0 Å². The summed E-state index contributed by atoms with van der Waals surface area (Å²) in [4.78, 5) is 16.7. The second-order valence-electron chi connectivity index (χ2n) is 5.72. The molecule has 9 heteroatoms. The zero-order valence-electron chi connectivity index (χ0n) is 15.3. The number of hydrogen-bond acceptors (Lipinski definition) is 5. The standard InChI is InChI=1S/C20H15BrCl2N2O3S/c1-27-17-8-11(7-14(21)19(17)28-2)3-6-18(26)25-20-24-16(10-29-20)13-5-4-12(22)9-15(13)23/h3-10H,1-2H3,(H,24,25,26)/b6-3+.